The number of nitrogens with zero attached hydrogens (tertiary/aromatic N) is 2. The van der Waals surface area contributed by atoms with Crippen LogP contribution in [-0.2, 0) is 41.9 Å². The van der Waals surface area contributed by atoms with E-state index < -0.39 is 90.9 Å². The number of hydrogen-bond donors (Lipinski definition) is 1. The number of nitrogens with one attached hydrogen (secondary N) is 1. The average molecular weight is 614 g/mol. The van der Waals surface area contributed by atoms with Crippen molar-refractivity contribution < 1.29 is 46.3 Å². The molecule has 18 heteroatoms. The number of phosphoric ester groups is 1. The fourth-order valence-electron chi connectivity index (χ4n) is 3.83. The van der Waals surface area contributed by atoms with Gasteiger partial charge in [-0.15, -0.1) is 16.5 Å². The Morgan fingerprint density at radius 2 is 1.65 bits per heavy atom. The minimum Gasteiger partial charge on any atom is -0.437 e. The molecule has 1 aliphatic heterocycles. The van der Waals surface area contributed by atoms with Gasteiger partial charge >= 0.3 is 25.5 Å². The van der Waals surface area contributed by atoms with Crippen LogP contribution in [0.2, 0.25) is 0 Å². The SMILES string of the molecule is CC(C)(C)C(=O)OCOP(=O)(OCOC(=O)C(C)(C)C)OC1[C@@]2(CCl)O[C@@H](n3ccc(=O)[nH]c3=O)[C@H](F)[C@@]12N=O. The molecule has 1 saturated heterocycles. The van der Waals surface area contributed by atoms with Crippen LogP contribution in [0.4, 0.5) is 4.39 Å². The van der Waals surface area contributed by atoms with Crippen LogP contribution in [0.1, 0.15) is 47.8 Å². The third kappa shape index (κ3) is 5.78. The van der Waals surface area contributed by atoms with E-state index in [4.69, 9.17) is 39.4 Å². The van der Waals surface area contributed by atoms with Crippen molar-refractivity contribution in [2.75, 3.05) is 19.5 Å². The fraction of sp³-hybridized carbons (Fsp3) is 0.727. The predicted molar refractivity (Wildman–Crippen MR) is 134 cm³/mol. The molecule has 0 aromatic carbocycles. The molecule has 1 aromatic heterocycles. The summed E-state index contributed by atoms with van der Waals surface area (Å²) in [6.07, 6.45) is -4.98. The zero-order valence-electron chi connectivity index (χ0n) is 22.5. The number of carbonyl (C=O) groups excluding carboxylic acids is 2. The molecule has 1 aromatic rings. The van der Waals surface area contributed by atoms with Crippen LogP contribution in [-0.4, -0.2) is 64.4 Å². The summed E-state index contributed by atoms with van der Waals surface area (Å²) in [5.41, 5.74) is -8.19. The lowest BCUT2D eigenvalue weighted by Crippen LogP contribution is -2.39. The van der Waals surface area contributed by atoms with Gasteiger partial charge in [0.2, 0.25) is 13.6 Å². The Labute approximate surface area is 232 Å². The maximum atomic E-state index is 15.8. The van der Waals surface area contributed by atoms with E-state index in [1.54, 1.807) is 41.5 Å². The Balaban J connectivity index is 1.85. The largest absolute Gasteiger partial charge is 0.481 e. The van der Waals surface area contributed by atoms with E-state index in [-0.39, 0.29) is 0 Å². The van der Waals surface area contributed by atoms with Crippen molar-refractivity contribution in [3.05, 3.63) is 38.0 Å². The number of fused-ring (bicyclic) bond motifs is 1. The van der Waals surface area contributed by atoms with Crippen molar-refractivity contribution in [3.8, 4) is 0 Å². The van der Waals surface area contributed by atoms with Crippen LogP contribution in [0, 0.1) is 15.7 Å². The molecule has 1 saturated carbocycles. The molecule has 0 radical (unpaired) electrons. The smallest absolute Gasteiger partial charge is 0.437 e. The number of alkyl halides is 2. The van der Waals surface area contributed by atoms with E-state index in [1.807, 2.05) is 4.98 Å². The molecule has 2 heterocycles. The lowest BCUT2D eigenvalue weighted by molar-refractivity contribution is -0.164. The highest BCUT2D eigenvalue weighted by Crippen LogP contribution is 2.71. The number of esters is 2. The number of aromatic amines is 1. The molecule has 1 aliphatic carbocycles. The van der Waals surface area contributed by atoms with Gasteiger partial charge in [-0.3, -0.25) is 28.5 Å². The summed E-state index contributed by atoms with van der Waals surface area (Å²) in [6.45, 7) is 7.36. The zero-order valence-corrected chi connectivity index (χ0v) is 24.2. The minimum absolute atomic E-state index is 0.629. The number of hydrogen-bond acceptors (Lipinski definition) is 13. The lowest BCUT2D eigenvalue weighted by Gasteiger charge is -2.25. The first-order valence-corrected chi connectivity index (χ1v) is 13.8. The number of H-pyrrole nitrogens is 1. The second-order valence-corrected chi connectivity index (χ2v) is 13.0. The molecule has 0 amide bonds. The molecule has 2 aliphatic rings. The summed E-state index contributed by atoms with van der Waals surface area (Å²) >= 11 is 6.03. The Kier molecular flexibility index (Phi) is 8.86. The number of halogens is 2. The van der Waals surface area contributed by atoms with E-state index in [9.17, 15) is 28.7 Å². The first-order chi connectivity index (χ1) is 18.4. The molecular formula is C22H30ClFN3O12P. The predicted octanol–water partition coefficient (Wildman–Crippen LogP) is 2.52. The third-order valence-electron chi connectivity index (χ3n) is 6.16. The second kappa shape index (κ2) is 11.1. The van der Waals surface area contributed by atoms with Gasteiger partial charge < -0.3 is 14.2 Å². The molecule has 0 bridgehead atoms. The first-order valence-electron chi connectivity index (χ1n) is 11.8. The summed E-state index contributed by atoms with van der Waals surface area (Å²) in [4.78, 5) is 61.7. The standard InChI is InChI=1S/C22H30ClFN3O12P/c1-19(2,3)16(29)34-10-36-40(33,37-11-35-17(30)20(4,5)6)39-15-21(9-23)22(15,26-32)13(24)14(38-21)27-8-7-12(28)25-18(27)31/h7-8,13-15H,9-11H2,1-6H3,(H,25,28,31)/t13-,14+,15?,21+,22+/m0/s1. The van der Waals surface area contributed by atoms with Crippen molar-refractivity contribution in [1.29, 1.82) is 0 Å². The van der Waals surface area contributed by atoms with Gasteiger partial charge in [-0.25, -0.2) is 22.8 Å². The molecular weight excluding hydrogens is 584 g/mol. The average Bonchev–Trinajstić information content (AvgIpc) is 3.29. The van der Waals surface area contributed by atoms with Crippen LogP contribution >= 0.6 is 19.4 Å². The minimum atomic E-state index is -4.90. The molecule has 3 rings (SSSR count). The van der Waals surface area contributed by atoms with Crippen molar-refractivity contribution in [2.24, 2.45) is 16.0 Å². The highest BCUT2D eigenvalue weighted by atomic mass is 35.5. The zero-order chi connectivity index (χ0) is 30.3. The van der Waals surface area contributed by atoms with Gasteiger partial charge in [0.05, 0.1) is 16.7 Å². The van der Waals surface area contributed by atoms with Gasteiger partial charge in [-0.1, -0.05) is 5.18 Å². The van der Waals surface area contributed by atoms with Crippen LogP contribution in [0.15, 0.2) is 27.0 Å². The van der Waals surface area contributed by atoms with E-state index >= 15 is 4.39 Å². The highest BCUT2D eigenvalue weighted by Gasteiger charge is 2.92. The number of carbonyl (C=O) groups is 2. The molecule has 0 spiro atoms. The maximum Gasteiger partial charge on any atom is 0.481 e. The number of aromatic nitrogens is 2. The van der Waals surface area contributed by atoms with Gasteiger partial charge in [0.15, 0.2) is 17.9 Å². The summed E-state index contributed by atoms with van der Waals surface area (Å²) < 4.78 is 60.9. The van der Waals surface area contributed by atoms with Crippen molar-refractivity contribution in [3.63, 3.8) is 0 Å². The lowest BCUT2D eigenvalue weighted by atomic mass is 9.98. The highest BCUT2D eigenvalue weighted by molar-refractivity contribution is 7.48. The Bertz CT molecular complexity index is 1290. The van der Waals surface area contributed by atoms with Gasteiger partial charge in [0.1, 0.15) is 11.7 Å². The van der Waals surface area contributed by atoms with E-state index in [0.717, 1.165) is 12.3 Å². The number of ether oxygens (including phenoxy) is 3. The van der Waals surface area contributed by atoms with Crippen molar-refractivity contribution in [1.82, 2.24) is 9.55 Å². The van der Waals surface area contributed by atoms with Gasteiger partial charge in [-0.05, 0) is 41.5 Å². The Hall–Kier alpha value is -2.49. The maximum absolute atomic E-state index is 15.8. The molecule has 40 heavy (non-hydrogen) atoms. The van der Waals surface area contributed by atoms with Crippen LogP contribution in [0.3, 0.4) is 0 Å². The van der Waals surface area contributed by atoms with Crippen LogP contribution < -0.4 is 11.2 Å². The normalized spacial score (nSPS) is 28.1. The van der Waals surface area contributed by atoms with E-state index in [1.165, 1.54) is 0 Å². The second-order valence-electron chi connectivity index (χ2n) is 11.2. The quantitative estimate of drug-likeness (QED) is 0.126. The monoisotopic (exact) mass is 613 g/mol. The van der Waals surface area contributed by atoms with E-state index in [0.29, 0.717) is 4.57 Å². The molecule has 15 nitrogen and oxygen atoms in total. The first kappa shape index (κ1) is 32.0. The fourth-order valence-corrected chi connectivity index (χ4v) is 5.40. The van der Waals surface area contributed by atoms with E-state index in [2.05, 4.69) is 5.18 Å². The summed E-state index contributed by atoms with van der Waals surface area (Å²) in [7, 11) is -4.90. The molecule has 224 valence electrons. The van der Waals surface area contributed by atoms with Crippen LogP contribution in [0.5, 0.6) is 0 Å². The van der Waals surface area contributed by atoms with Crippen molar-refractivity contribution >= 4 is 31.4 Å². The Morgan fingerprint density at radius 3 is 2.05 bits per heavy atom. The molecule has 5 atom stereocenters. The van der Waals surface area contributed by atoms with Crippen LogP contribution in [0.25, 0.3) is 0 Å². The third-order valence-corrected chi connectivity index (χ3v) is 7.86. The number of phosphoric acid groups is 1. The van der Waals surface area contributed by atoms with Gasteiger partial charge in [-0.2, -0.15) is 0 Å². The summed E-state index contributed by atoms with van der Waals surface area (Å²) in [6, 6.07) is 0.928. The number of rotatable bonds is 11. The summed E-state index contributed by atoms with van der Waals surface area (Å²) in [5.74, 6) is -2.12. The summed E-state index contributed by atoms with van der Waals surface area (Å²) in [5, 5.41) is 2.84. The molecule has 1 N–H and O–H groups in total. The molecule has 2 fully saturated rings. The van der Waals surface area contributed by atoms with Gasteiger partial charge in [0.25, 0.3) is 5.56 Å². The topological polar surface area (TPSA) is 191 Å². The number of nitroso groups, excluding NO2 is 1. The molecule has 1 unspecified atom stereocenters. The Morgan fingerprint density at radius 1 is 1.12 bits per heavy atom. The van der Waals surface area contributed by atoms with Crippen molar-refractivity contribution in [2.45, 2.75) is 71.2 Å². The van der Waals surface area contributed by atoms with Gasteiger partial charge in [0, 0.05) is 12.3 Å².